The Morgan fingerprint density at radius 3 is 2.67 bits per heavy atom. The lowest BCUT2D eigenvalue weighted by Crippen LogP contribution is -2.23. The summed E-state index contributed by atoms with van der Waals surface area (Å²) in [5.41, 5.74) is 0.601. The molecule has 0 unspecified atom stereocenters. The molecule has 1 aromatic carbocycles. The number of nitrogens with one attached hydrogen (secondary N) is 1. The van der Waals surface area contributed by atoms with E-state index in [2.05, 4.69) is 30.6 Å². The van der Waals surface area contributed by atoms with Gasteiger partial charge in [-0.05, 0) is 39.7 Å². The van der Waals surface area contributed by atoms with Crippen LogP contribution in [0.3, 0.4) is 0 Å². The van der Waals surface area contributed by atoms with E-state index < -0.39 is 15.8 Å². The first kappa shape index (κ1) is 19.7. The lowest BCUT2D eigenvalue weighted by molar-refractivity contribution is 0.457. The zero-order chi connectivity index (χ0) is 19.4. The van der Waals surface area contributed by atoms with Crippen molar-refractivity contribution in [1.29, 1.82) is 0 Å². The second-order valence-electron chi connectivity index (χ2n) is 5.33. The Bertz CT molecular complexity index is 1070. The molecule has 1 N–H and O–H groups in total. The summed E-state index contributed by atoms with van der Waals surface area (Å²) in [5, 5.41) is -0.123. The molecule has 0 saturated heterocycles. The molecule has 27 heavy (non-hydrogen) atoms. The molecule has 0 saturated carbocycles. The molecule has 3 aromatic rings. The lowest BCUT2D eigenvalue weighted by Gasteiger charge is -2.09. The highest BCUT2D eigenvalue weighted by molar-refractivity contribution is 9.10. The Labute approximate surface area is 168 Å². The Balaban J connectivity index is 1.67. The molecule has 140 valence electrons. The van der Waals surface area contributed by atoms with Gasteiger partial charge in [0, 0.05) is 35.5 Å². The summed E-state index contributed by atoms with van der Waals surface area (Å²) in [6.07, 6.45) is 2.86. The van der Waals surface area contributed by atoms with Crippen LogP contribution in [0, 0.1) is 5.82 Å². The van der Waals surface area contributed by atoms with Crippen LogP contribution in [0.15, 0.2) is 64.2 Å². The van der Waals surface area contributed by atoms with Crippen LogP contribution in [0.25, 0.3) is 0 Å². The summed E-state index contributed by atoms with van der Waals surface area (Å²) in [6, 6.07) is 10.2. The maximum Gasteiger partial charge on any atom is 0.243 e. The quantitative estimate of drug-likeness (QED) is 0.541. The maximum atomic E-state index is 13.2. The number of halogens is 3. The van der Waals surface area contributed by atoms with E-state index in [1.807, 2.05) is 0 Å². The number of hydrogen-bond acceptors (Lipinski definition) is 5. The van der Waals surface area contributed by atoms with E-state index in [9.17, 15) is 12.8 Å². The zero-order valence-electron chi connectivity index (χ0n) is 13.6. The number of sulfonamides is 1. The SMILES string of the molecule is O=S(=O)(NCc1ccc(Oc2cccc(F)c2)nc1)c1cc(Br)cnc1Cl. The maximum absolute atomic E-state index is 13.2. The molecule has 0 atom stereocenters. The minimum absolute atomic E-state index is 0.00157. The first-order valence-corrected chi connectivity index (χ1v) is 10.2. The number of aromatic nitrogens is 2. The van der Waals surface area contributed by atoms with E-state index in [1.54, 1.807) is 18.2 Å². The predicted octanol–water partition coefficient (Wildman–Crippen LogP) is 4.30. The van der Waals surface area contributed by atoms with Gasteiger partial charge in [-0.25, -0.2) is 27.5 Å². The monoisotopic (exact) mass is 471 g/mol. The fraction of sp³-hybridized carbons (Fsp3) is 0.0588. The van der Waals surface area contributed by atoms with Crippen LogP contribution in [0.4, 0.5) is 4.39 Å². The van der Waals surface area contributed by atoms with Gasteiger partial charge in [-0.3, -0.25) is 0 Å². The normalized spacial score (nSPS) is 11.4. The van der Waals surface area contributed by atoms with Crippen molar-refractivity contribution in [3.63, 3.8) is 0 Å². The van der Waals surface area contributed by atoms with Crippen molar-refractivity contribution in [2.45, 2.75) is 11.4 Å². The van der Waals surface area contributed by atoms with Crippen molar-refractivity contribution in [2.75, 3.05) is 0 Å². The molecular formula is C17H12BrClFN3O3S. The third-order valence-corrected chi connectivity index (χ3v) is 5.61. The molecule has 3 rings (SSSR count). The van der Waals surface area contributed by atoms with Gasteiger partial charge in [0.05, 0.1) is 0 Å². The Kier molecular flexibility index (Phi) is 6.05. The Morgan fingerprint density at radius 1 is 1.15 bits per heavy atom. The standard InChI is InChI=1S/C17H12BrClFN3O3S/c18-12-6-15(17(19)22-10-12)27(24,25)23-9-11-4-5-16(21-8-11)26-14-3-1-2-13(20)7-14/h1-8,10,23H,9H2. The second-order valence-corrected chi connectivity index (χ2v) is 8.34. The van der Waals surface area contributed by atoms with E-state index in [0.29, 0.717) is 15.8 Å². The van der Waals surface area contributed by atoms with E-state index in [4.69, 9.17) is 16.3 Å². The third kappa shape index (κ3) is 5.23. The van der Waals surface area contributed by atoms with Gasteiger partial charge >= 0.3 is 0 Å². The second kappa shape index (κ2) is 8.30. The summed E-state index contributed by atoms with van der Waals surface area (Å²) in [5.74, 6) is 0.151. The molecule has 6 nitrogen and oxygen atoms in total. The largest absolute Gasteiger partial charge is 0.439 e. The first-order valence-electron chi connectivity index (χ1n) is 7.52. The topological polar surface area (TPSA) is 81.2 Å². The van der Waals surface area contributed by atoms with Gasteiger partial charge in [-0.2, -0.15) is 0 Å². The van der Waals surface area contributed by atoms with Gasteiger partial charge in [-0.15, -0.1) is 0 Å². The fourth-order valence-corrected chi connectivity index (χ4v) is 4.04. The van der Waals surface area contributed by atoms with Crippen LogP contribution >= 0.6 is 27.5 Å². The van der Waals surface area contributed by atoms with Gasteiger partial charge in [0.25, 0.3) is 0 Å². The van der Waals surface area contributed by atoms with Crippen molar-refractivity contribution in [3.05, 3.63) is 75.9 Å². The van der Waals surface area contributed by atoms with Crippen LogP contribution in [0.1, 0.15) is 5.56 Å². The number of hydrogen-bond donors (Lipinski definition) is 1. The van der Waals surface area contributed by atoms with Crippen molar-refractivity contribution in [1.82, 2.24) is 14.7 Å². The summed E-state index contributed by atoms with van der Waals surface area (Å²) >= 11 is 9.03. The van der Waals surface area contributed by atoms with Crippen LogP contribution in [0.2, 0.25) is 5.15 Å². The molecule has 0 amide bonds. The highest BCUT2D eigenvalue weighted by Gasteiger charge is 2.19. The average Bonchev–Trinajstić information content (AvgIpc) is 2.63. The summed E-state index contributed by atoms with van der Waals surface area (Å²) in [4.78, 5) is 7.76. The minimum atomic E-state index is -3.85. The summed E-state index contributed by atoms with van der Waals surface area (Å²) in [7, 11) is -3.85. The molecule has 10 heteroatoms. The van der Waals surface area contributed by atoms with Crippen molar-refractivity contribution >= 4 is 37.6 Å². The molecule has 0 spiro atoms. The first-order chi connectivity index (χ1) is 12.8. The molecule has 0 aliphatic carbocycles. The number of benzene rings is 1. The fourth-order valence-electron chi connectivity index (χ4n) is 2.08. The van der Waals surface area contributed by atoms with E-state index in [0.717, 1.165) is 0 Å². The summed E-state index contributed by atoms with van der Waals surface area (Å²) < 4.78 is 46.3. The van der Waals surface area contributed by atoms with E-state index in [1.165, 1.54) is 36.7 Å². The Hall–Kier alpha value is -2.07. The highest BCUT2D eigenvalue weighted by Crippen LogP contribution is 2.23. The van der Waals surface area contributed by atoms with Crippen LogP contribution in [-0.4, -0.2) is 18.4 Å². The molecule has 0 bridgehead atoms. The van der Waals surface area contributed by atoms with Gasteiger partial charge < -0.3 is 4.74 Å². The van der Waals surface area contributed by atoms with Crippen LogP contribution < -0.4 is 9.46 Å². The van der Waals surface area contributed by atoms with Crippen LogP contribution in [-0.2, 0) is 16.6 Å². The molecular weight excluding hydrogens is 461 g/mol. The van der Waals surface area contributed by atoms with Gasteiger partial charge in [0.15, 0.2) is 0 Å². The van der Waals surface area contributed by atoms with Gasteiger partial charge in [0.2, 0.25) is 15.9 Å². The lowest BCUT2D eigenvalue weighted by atomic mass is 10.3. The number of ether oxygens (including phenoxy) is 1. The zero-order valence-corrected chi connectivity index (χ0v) is 16.7. The van der Waals surface area contributed by atoms with Crippen molar-refractivity contribution in [2.24, 2.45) is 0 Å². The molecule has 0 fully saturated rings. The van der Waals surface area contributed by atoms with E-state index in [-0.39, 0.29) is 22.5 Å². The average molecular weight is 473 g/mol. The van der Waals surface area contributed by atoms with Crippen molar-refractivity contribution < 1.29 is 17.5 Å². The van der Waals surface area contributed by atoms with Crippen LogP contribution in [0.5, 0.6) is 11.6 Å². The number of pyridine rings is 2. The smallest absolute Gasteiger partial charge is 0.243 e. The molecule has 2 heterocycles. The highest BCUT2D eigenvalue weighted by atomic mass is 79.9. The molecule has 0 aliphatic rings. The van der Waals surface area contributed by atoms with Gasteiger partial charge in [0.1, 0.15) is 21.6 Å². The predicted molar refractivity (Wildman–Crippen MR) is 102 cm³/mol. The minimum Gasteiger partial charge on any atom is -0.439 e. The molecule has 2 aromatic heterocycles. The summed E-state index contributed by atoms with van der Waals surface area (Å²) in [6.45, 7) is -0.00157. The van der Waals surface area contributed by atoms with Crippen molar-refractivity contribution in [3.8, 4) is 11.6 Å². The third-order valence-electron chi connectivity index (χ3n) is 3.35. The van der Waals surface area contributed by atoms with Gasteiger partial charge in [-0.1, -0.05) is 23.7 Å². The van der Waals surface area contributed by atoms with E-state index >= 15 is 0 Å². The number of nitrogens with zero attached hydrogens (tertiary/aromatic N) is 2. The number of rotatable bonds is 6. The molecule has 0 radical (unpaired) electrons. The Morgan fingerprint density at radius 2 is 1.96 bits per heavy atom. The molecule has 0 aliphatic heterocycles.